The Morgan fingerprint density at radius 3 is 2.57 bits per heavy atom. The van der Waals surface area contributed by atoms with Crippen molar-refractivity contribution in [2.75, 3.05) is 7.05 Å². The van der Waals surface area contributed by atoms with Crippen LogP contribution >= 0.6 is 24.0 Å². The maximum Gasteiger partial charge on any atom is 0.191 e. The van der Waals surface area contributed by atoms with Gasteiger partial charge in [0.25, 0.3) is 0 Å². The number of nitrogens with one attached hydrogen (secondary N) is 2. The molecule has 112 valence electrons. The third-order valence-corrected chi connectivity index (χ3v) is 3.93. The Balaban J connectivity index is 0.00000161. The van der Waals surface area contributed by atoms with Crippen molar-refractivity contribution in [3.63, 3.8) is 0 Å². The van der Waals surface area contributed by atoms with Crippen LogP contribution in [0.1, 0.15) is 18.9 Å². The Morgan fingerprint density at radius 2 is 1.90 bits per heavy atom. The molecule has 1 aliphatic carbocycles. The number of hydrogen-bond donors (Lipinski definition) is 2. The van der Waals surface area contributed by atoms with E-state index in [4.69, 9.17) is 0 Å². The van der Waals surface area contributed by atoms with E-state index in [1.54, 1.807) is 0 Å². The van der Waals surface area contributed by atoms with Crippen LogP contribution in [0.25, 0.3) is 10.8 Å². The molecule has 4 heteroatoms. The molecule has 2 N–H and O–H groups in total. The van der Waals surface area contributed by atoms with E-state index in [1.165, 1.54) is 22.8 Å². The molecule has 3 nitrogen and oxygen atoms in total. The van der Waals surface area contributed by atoms with Gasteiger partial charge in [-0.3, -0.25) is 4.99 Å². The van der Waals surface area contributed by atoms with Gasteiger partial charge in [0.15, 0.2) is 5.96 Å². The Kier molecular flexibility index (Phi) is 5.45. The van der Waals surface area contributed by atoms with Crippen LogP contribution in [0.2, 0.25) is 0 Å². The van der Waals surface area contributed by atoms with Crippen molar-refractivity contribution < 1.29 is 0 Å². The summed E-state index contributed by atoms with van der Waals surface area (Å²) >= 11 is 0. The molecule has 0 bridgehead atoms. The molecule has 0 heterocycles. The fraction of sp³-hybridized carbons (Fsp3) is 0.353. The first-order valence-corrected chi connectivity index (χ1v) is 7.21. The van der Waals surface area contributed by atoms with Crippen LogP contribution in [-0.2, 0) is 6.54 Å². The molecular weight excluding hydrogens is 373 g/mol. The summed E-state index contributed by atoms with van der Waals surface area (Å²) in [6.07, 6.45) is 1.25. The SMILES string of the molecule is CN=C(NCc1ccc2ccccc2c1)NC1CC1C.I. The van der Waals surface area contributed by atoms with E-state index in [-0.39, 0.29) is 24.0 Å². The molecular formula is C17H22IN3. The van der Waals surface area contributed by atoms with Crippen molar-refractivity contribution in [1.29, 1.82) is 0 Å². The molecule has 21 heavy (non-hydrogen) atoms. The van der Waals surface area contributed by atoms with Gasteiger partial charge in [-0.05, 0) is 34.7 Å². The smallest absolute Gasteiger partial charge is 0.191 e. The Hall–Kier alpha value is -1.30. The predicted molar refractivity (Wildman–Crippen MR) is 100 cm³/mol. The lowest BCUT2D eigenvalue weighted by atomic mass is 10.1. The third-order valence-electron chi connectivity index (χ3n) is 3.93. The lowest BCUT2D eigenvalue weighted by molar-refractivity contribution is 0.764. The van der Waals surface area contributed by atoms with Crippen LogP contribution < -0.4 is 10.6 Å². The summed E-state index contributed by atoms with van der Waals surface area (Å²) in [6, 6.07) is 15.6. The summed E-state index contributed by atoms with van der Waals surface area (Å²) in [7, 11) is 1.82. The molecule has 3 rings (SSSR count). The van der Waals surface area contributed by atoms with Crippen molar-refractivity contribution >= 4 is 40.7 Å². The molecule has 0 aliphatic heterocycles. The lowest BCUT2D eigenvalue weighted by Crippen LogP contribution is -2.38. The fourth-order valence-corrected chi connectivity index (χ4v) is 2.43. The molecule has 0 radical (unpaired) electrons. The Bertz CT molecular complexity index is 639. The number of fused-ring (bicyclic) bond motifs is 1. The number of hydrogen-bond acceptors (Lipinski definition) is 1. The first-order chi connectivity index (χ1) is 9.76. The summed E-state index contributed by atoms with van der Waals surface area (Å²) in [6.45, 7) is 3.06. The second-order valence-corrected chi connectivity index (χ2v) is 5.57. The topological polar surface area (TPSA) is 36.4 Å². The first kappa shape index (κ1) is 16.1. The maximum absolute atomic E-state index is 4.27. The van der Waals surface area contributed by atoms with Crippen LogP contribution in [0.4, 0.5) is 0 Å². The van der Waals surface area contributed by atoms with E-state index < -0.39 is 0 Å². The highest BCUT2D eigenvalue weighted by atomic mass is 127. The van der Waals surface area contributed by atoms with E-state index in [0.29, 0.717) is 6.04 Å². The molecule has 0 amide bonds. The summed E-state index contributed by atoms with van der Waals surface area (Å²) in [5, 5.41) is 9.38. The second kappa shape index (κ2) is 7.11. The predicted octanol–water partition coefficient (Wildman–Crippen LogP) is 3.53. The van der Waals surface area contributed by atoms with Crippen molar-refractivity contribution in [2.45, 2.75) is 25.9 Å². The van der Waals surface area contributed by atoms with Gasteiger partial charge in [-0.2, -0.15) is 0 Å². The molecule has 0 saturated heterocycles. The average molecular weight is 395 g/mol. The van der Waals surface area contributed by atoms with E-state index in [0.717, 1.165) is 18.4 Å². The largest absolute Gasteiger partial charge is 0.353 e. The zero-order valence-electron chi connectivity index (χ0n) is 12.5. The zero-order valence-corrected chi connectivity index (χ0v) is 14.8. The monoisotopic (exact) mass is 395 g/mol. The quantitative estimate of drug-likeness (QED) is 0.474. The minimum atomic E-state index is 0. The van der Waals surface area contributed by atoms with Gasteiger partial charge >= 0.3 is 0 Å². The van der Waals surface area contributed by atoms with E-state index in [2.05, 4.69) is 65.0 Å². The van der Waals surface area contributed by atoms with Gasteiger partial charge in [0.2, 0.25) is 0 Å². The van der Waals surface area contributed by atoms with Crippen LogP contribution in [0.5, 0.6) is 0 Å². The normalized spacial score (nSPS) is 20.8. The maximum atomic E-state index is 4.27. The average Bonchev–Trinajstić information content (AvgIpc) is 3.18. The zero-order chi connectivity index (χ0) is 13.9. The van der Waals surface area contributed by atoms with Crippen molar-refractivity contribution in [1.82, 2.24) is 10.6 Å². The molecule has 1 aliphatic rings. The van der Waals surface area contributed by atoms with Gasteiger partial charge < -0.3 is 10.6 Å². The third kappa shape index (κ3) is 4.09. The summed E-state index contributed by atoms with van der Waals surface area (Å²) in [4.78, 5) is 4.27. The first-order valence-electron chi connectivity index (χ1n) is 7.21. The summed E-state index contributed by atoms with van der Waals surface area (Å²) in [5.74, 6) is 1.67. The van der Waals surface area contributed by atoms with Gasteiger partial charge in [0.05, 0.1) is 0 Å². The standard InChI is InChI=1S/C17H21N3.HI/c1-12-9-16(12)20-17(18-2)19-11-13-7-8-14-5-3-4-6-15(14)10-13;/h3-8,10,12,16H,9,11H2,1-2H3,(H2,18,19,20);1H. The van der Waals surface area contributed by atoms with Crippen LogP contribution in [0.3, 0.4) is 0 Å². The van der Waals surface area contributed by atoms with E-state index in [1.807, 2.05) is 7.05 Å². The number of rotatable bonds is 3. The van der Waals surface area contributed by atoms with E-state index >= 15 is 0 Å². The highest BCUT2D eigenvalue weighted by molar-refractivity contribution is 14.0. The molecule has 0 spiro atoms. The number of nitrogens with zero attached hydrogens (tertiary/aromatic N) is 1. The highest BCUT2D eigenvalue weighted by Gasteiger charge is 2.33. The number of aliphatic imine (C=N–C) groups is 1. The number of guanidine groups is 1. The van der Waals surface area contributed by atoms with Crippen LogP contribution in [0, 0.1) is 5.92 Å². The molecule has 2 atom stereocenters. The van der Waals surface area contributed by atoms with E-state index in [9.17, 15) is 0 Å². The molecule has 1 saturated carbocycles. The van der Waals surface area contributed by atoms with Crippen molar-refractivity contribution in [2.24, 2.45) is 10.9 Å². The lowest BCUT2D eigenvalue weighted by Gasteiger charge is -2.12. The van der Waals surface area contributed by atoms with Crippen molar-refractivity contribution in [3.05, 3.63) is 48.0 Å². The number of benzene rings is 2. The van der Waals surface area contributed by atoms with Gasteiger partial charge in [-0.1, -0.05) is 43.3 Å². The molecule has 2 aromatic rings. The van der Waals surface area contributed by atoms with Gasteiger partial charge in [0, 0.05) is 19.6 Å². The van der Waals surface area contributed by atoms with Crippen LogP contribution in [-0.4, -0.2) is 19.0 Å². The van der Waals surface area contributed by atoms with Gasteiger partial charge in [0.1, 0.15) is 0 Å². The molecule has 2 unspecified atom stereocenters. The Morgan fingerprint density at radius 1 is 1.19 bits per heavy atom. The highest BCUT2D eigenvalue weighted by Crippen LogP contribution is 2.28. The fourth-order valence-electron chi connectivity index (χ4n) is 2.43. The summed E-state index contributed by atoms with van der Waals surface area (Å²) < 4.78 is 0. The Labute approximate surface area is 143 Å². The molecule has 0 aromatic heterocycles. The summed E-state index contributed by atoms with van der Waals surface area (Å²) in [5.41, 5.74) is 1.27. The van der Waals surface area contributed by atoms with Gasteiger partial charge in [-0.15, -0.1) is 24.0 Å². The molecule has 1 fully saturated rings. The second-order valence-electron chi connectivity index (χ2n) is 5.57. The minimum Gasteiger partial charge on any atom is -0.353 e. The van der Waals surface area contributed by atoms with Crippen LogP contribution in [0.15, 0.2) is 47.5 Å². The minimum absolute atomic E-state index is 0. The molecule has 2 aromatic carbocycles. The van der Waals surface area contributed by atoms with Gasteiger partial charge in [-0.25, -0.2) is 0 Å². The van der Waals surface area contributed by atoms with Crippen molar-refractivity contribution in [3.8, 4) is 0 Å². The number of halogens is 1.